The molecule has 0 unspecified atom stereocenters. The second-order valence-electron chi connectivity index (χ2n) is 7.66. The molecule has 0 fully saturated rings. The fourth-order valence-electron chi connectivity index (χ4n) is 3.56. The highest BCUT2D eigenvalue weighted by atomic mass is 79.9. The number of carbonyl (C=O) groups excluding carboxylic acids is 3. The number of carbonyl (C=O) groups is 3. The van der Waals surface area contributed by atoms with Gasteiger partial charge in [0, 0.05) is 15.5 Å². The average Bonchev–Trinajstić information content (AvgIpc) is 3.15. The van der Waals surface area contributed by atoms with Gasteiger partial charge < -0.3 is 10.6 Å². The zero-order valence-corrected chi connectivity index (χ0v) is 20.6. The molecular weight excluding hydrogens is 520 g/mol. The molecule has 4 aromatic rings. The zero-order chi connectivity index (χ0) is 24.4. The highest BCUT2D eigenvalue weighted by Crippen LogP contribution is 2.26. The summed E-state index contributed by atoms with van der Waals surface area (Å²) in [7, 11) is 0. The lowest BCUT2D eigenvalue weighted by Crippen LogP contribution is -2.36. The van der Waals surface area contributed by atoms with Gasteiger partial charge in [-0.1, -0.05) is 57.9 Å². The Labute approximate surface area is 209 Å². The first kappa shape index (κ1) is 23.5. The lowest BCUT2D eigenvalue weighted by atomic mass is 10.1. The van der Waals surface area contributed by atoms with E-state index in [0.717, 1.165) is 15.6 Å². The Morgan fingerprint density at radius 3 is 2.26 bits per heavy atom. The molecule has 9 heteroatoms. The van der Waals surface area contributed by atoms with Crippen LogP contribution in [0.1, 0.15) is 21.6 Å². The van der Waals surface area contributed by atoms with Crippen molar-refractivity contribution < 1.29 is 14.4 Å². The Bertz CT molecular complexity index is 1430. The van der Waals surface area contributed by atoms with E-state index in [9.17, 15) is 14.4 Å². The Balaban J connectivity index is 1.66. The van der Waals surface area contributed by atoms with Crippen LogP contribution in [0.4, 0.5) is 11.4 Å². The van der Waals surface area contributed by atoms with Gasteiger partial charge in [-0.2, -0.15) is 0 Å². The molecule has 0 aliphatic carbocycles. The van der Waals surface area contributed by atoms with Gasteiger partial charge in [-0.3, -0.25) is 19.8 Å². The van der Waals surface area contributed by atoms with Crippen molar-refractivity contribution in [2.75, 3.05) is 16.1 Å². The second-order valence-corrected chi connectivity index (χ2v) is 8.99. The molecule has 4 rings (SSSR count). The van der Waals surface area contributed by atoms with Crippen molar-refractivity contribution in [1.82, 2.24) is 4.68 Å². The zero-order valence-electron chi connectivity index (χ0n) is 18.3. The van der Waals surface area contributed by atoms with Crippen LogP contribution < -0.4 is 16.1 Å². The molecule has 0 bridgehead atoms. The summed E-state index contributed by atoms with van der Waals surface area (Å²) in [4.78, 5) is 38.6. The summed E-state index contributed by atoms with van der Waals surface area (Å²) in [5.41, 5.74) is 6.05. The van der Waals surface area contributed by atoms with E-state index in [4.69, 9.17) is 11.6 Å². The highest BCUT2D eigenvalue weighted by molar-refractivity contribution is 9.10. The normalized spacial score (nSPS) is 10.7. The Morgan fingerprint density at radius 1 is 0.853 bits per heavy atom. The monoisotopic (exact) mass is 538 g/mol. The Hall–Kier alpha value is -3.62. The predicted molar refractivity (Wildman–Crippen MR) is 138 cm³/mol. The highest BCUT2D eigenvalue weighted by Gasteiger charge is 2.22. The van der Waals surface area contributed by atoms with Crippen molar-refractivity contribution in [2.45, 2.75) is 13.8 Å². The van der Waals surface area contributed by atoms with Crippen molar-refractivity contribution in [3.63, 3.8) is 0 Å². The number of halogens is 2. The van der Waals surface area contributed by atoms with E-state index >= 15 is 0 Å². The van der Waals surface area contributed by atoms with Gasteiger partial charge in [0.15, 0.2) is 0 Å². The maximum Gasteiger partial charge on any atom is 0.328 e. The van der Waals surface area contributed by atoms with E-state index in [2.05, 4.69) is 32.0 Å². The van der Waals surface area contributed by atoms with E-state index in [1.807, 2.05) is 38.1 Å². The third-order valence-electron chi connectivity index (χ3n) is 5.26. The van der Waals surface area contributed by atoms with Gasteiger partial charge in [0.1, 0.15) is 5.69 Å². The average molecular weight is 540 g/mol. The maximum absolute atomic E-state index is 13.3. The molecule has 3 amide bonds. The summed E-state index contributed by atoms with van der Waals surface area (Å²) >= 11 is 9.49. The quantitative estimate of drug-likeness (QED) is 0.293. The van der Waals surface area contributed by atoms with Crippen molar-refractivity contribution in [1.29, 1.82) is 0 Å². The molecule has 1 aromatic heterocycles. The first-order valence-electron chi connectivity index (χ1n) is 10.3. The SMILES string of the molecule is Cc1cccc(C)c1NC(=O)c1cc2cc(Br)ccc2n1NC(=O)C(=O)Nc1ccccc1Cl. The van der Waals surface area contributed by atoms with Crippen molar-refractivity contribution >= 4 is 67.5 Å². The summed E-state index contributed by atoms with van der Waals surface area (Å²) in [6.07, 6.45) is 0. The van der Waals surface area contributed by atoms with Gasteiger partial charge in [0.25, 0.3) is 5.91 Å². The first-order chi connectivity index (χ1) is 16.2. The molecule has 3 N–H and O–H groups in total. The fraction of sp³-hybridized carbons (Fsp3) is 0.0800. The molecule has 0 radical (unpaired) electrons. The molecule has 0 aliphatic heterocycles. The molecule has 172 valence electrons. The molecule has 34 heavy (non-hydrogen) atoms. The molecule has 0 saturated carbocycles. The Morgan fingerprint density at radius 2 is 1.56 bits per heavy atom. The van der Waals surface area contributed by atoms with Crippen LogP contribution in [0.2, 0.25) is 5.02 Å². The first-order valence-corrected chi connectivity index (χ1v) is 11.5. The Kier molecular flexibility index (Phi) is 6.72. The molecule has 0 spiro atoms. The number of hydrogen-bond donors (Lipinski definition) is 3. The fourth-order valence-corrected chi connectivity index (χ4v) is 4.12. The minimum absolute atomic E-state index is 0.162. The number of anilines is 2. The largest absolute Gasteiger partial charge is 0.328 e. The molecule has 1 heterocycles. The van der Waals surface area contributed by atoms with Gasteiger partial charge in [-0.25, -0.2) is 4.68 Å². The predicted octanol–water partition coefficient (Wildman–Crippen LogP) is 5.64. The molecule has 0 saturated heterocycles. The van der Waals surface area contributed by atoms with E-state index < -0.39 is 17.7 Å². The van der Waals surface area contributed by atoms with E-state index in [1.54, 1.807) is 42.5 Å². The standard InChI is InChI=1S/C25H20BrClN4O3/c1-14-6-5-7-15(2)22(14)29-23(32)21-13-16-12-17(26)10-11-20(16)31(21)30-25(34)24(33)28-19-9-4-3-8-18(19)27/h3-13H,1-2H3,(H,28,33)(H,29,32)(H,30,34). The number of para-hydroxylation sites is 2. The summed E-state index contributed by atoms with van der Waals surface area (Å²) in [6.45, 7) is 3.80. The number of nitrogens with one attached hydrogen (secondary N) is 3. The number of nitrogens with zero attached hydrogens (tertiary/aromatic N) is 1. The lowest BCUT2D eigenvalue weighted by Gasteiger charge is -2.15. The topological polar surface area (TPSA) is 92.2 Å². The lowest BCUT2D eigenvalue weighted by molar-refractivity contribution is -0.133. The second kappa shape index (κ2) is 9.70. The van der Waals surface area contributed by atoms with Crippen LogP contribution in [-0.4, -0.2) is 22.4 Å². The van der Waals surface area contributed by atoms with Crippen LogP contribution in [0.15, 0.2) is 71.2 Å². The summed E-state index contributed by atoms with van der Waals surface area (Å²) in [6, 6.07) is 19.3. The van der Waals surface area contributed by atoms with Crippen LogP contribution in [0.25, 0.3) is 10.9 Å². The van der Waals surface area contributed by atoms with Gasteiger partial charge in [0.05, 0.1) is 16.2 Å². The summed E-state index contributed by atoms with van der Waals surface area (Å²) in [5.74, 6) is -2.31. The molecule has 0 atom stereocenters. The van der Waals surface area contributed by atoms with Gasteiger partial charge >= 0.3 is 11.8 Å². The minimum atomic E-state index is -0.957. The number of rotatable bonds is 4. The van der Waals surface area contributed by atoms with Gasteiger partial charge in [-0.05, 0) is 61.4 Å². The number of hydrogen-bond acceptors (Lipinski definition) is 3. The van der Waals surface area contributed by atoms with Crippen molar-refractivity contribution in [3.8, 4) is 0 Å². The van der Waals surface area contributed by atoms with Gasteiger partial charge in [0.2, 0.25) is 0 Å². The van der Waals surface area contributed by atoms with E-state index in [-0.39, 0.29) is 5.69 Å². The third-order valence-corrected chi connectivity index (χ3v) is 6.08. The molecular formula is C25H20BrClN4O3. The smallest absolute Gasteiger partial charge is 0.320 e. The van der Waals surface area contributed by atoms with Gasteiger partial charge in [-0.15, -0.1) is 0 Å². The number of aryl methyl sites for hydroxylation is 2. The summed E-state index contributed by atoms with van der Waals surface area (Å²) < 4.78 is 2.11. The van der Waals surface area contributed by atoms with Crippen LogP contribution in [0, 0.1) is 13.8 Å². The number of amides is 3. The summed E-state index contributed by atoms with van der Waals surface area (Å²) in [5, 5.41) is 6.40. The van der Waals surface area contributed by atoms with E-state index in [0.29, 0.717) is 27.3 Å². The molecule has 0 aliphatic rings. The van der Waals surface area contributed by atoms with Crippen LogP contribution in [0.3, 0.4) is 0 Å². The number of fused-ring (bicyclic) bond motifs is 1. The van der Waals surface area contributed by atoms with E-state index in [1.165, 1.54) is 4.68 Å². The maximum atomic E-state index is 13.3. The van der Waals surface area contributed by atoms with Crippen molar-refractivity contribution in [2.24, 2.45) is 0 Å². The molecule has 7 nitrogen and oxygen atoms in total. The minimum Gasteiger partial charge on any atom is -0.320 e. The third kappa shape index (κ3) is 4.83. The number of aromatic nitrogens is 1. The number of benzene rings is 3. The van der Waals surface area contributed by atoms with Crippen molar-refractivity contribution in [3.05, 3.63) is 93.0 Å². The van der Waals surface area contributed by atoms with Crippen LogP contribution >= 0.6 is 27.5 Å². The van der Waals surface area contributed by atoms with Crippen LogP contribution in [-0.2, 0) is 9.59 Å². The molecule has 3 aromatic carbocycles. The van der Waals surface area contributed by atoms with Crippen LogP contribution in [0.5, 0.6) is 0 Å².